The molecule has 7 heteroatoms. The number of nitrogens with two attached hydrogens (primary N) is 1. The Morgan fingerprint density at radius 1 is 0.833 bits per heavy atom. The maximum atomic E-state index is 12.4. The fourth-order valence-electron chi connectivity index (χ4n) is 2.85. The van der Waals surface area contributed by atoms with Gasteiger partial charge in [0.15, 0.2) is 0 Å². The van der Waals surface area contributed by atoms with Crippen molar-refractivity contribution in [3.05, 3.63) is 95.6 Å². The third-order valence-electron chi connectivity index (χ3n) is 4.34. The van der Waals surface area contributed by atoms with Crippen LogP contribution in [-0.4, -0.2) is 24.3 Å². The molecule has 7 nitrogen and oxygen atoms in total. The SMILES string of the molecule is NC(=O)c1ccccc1NCC(=O)Nc1cccc(C(=O)NCc2ccccc2)c1. The first-order valence-electron chi connectivity index (χ1n) is 9.37. The molecule has 0 atom stereocenters. The van der Waals surface area contributed by atoms with E-state index in [0.717, 1.165) is 5.56 Å². The van der Waals surface area contributed by atoms with E-state index in [1.54, 1.807) is 48.5 Å². The second kappa shape index (κ2) is 9.88. The number of carbonyl (C=O) groups is 3. The average Bonchev–Trinajstić information content (AvgIpc) is 2.77. The molecule has 0 aliphatic rings. The first-order valence-corrected chi connectivity index (χ1v) is 9.37. The van der Waals surface area contributed by atoms with Gasteiger partial charge in [-0.05, 0) is 35.9 Å². The summed E-state index contributed by atoms with van der Waals surface area (Å²) >= 11 is 0. The van der Waals surface area contributed by atoms with Crippen molar-refractivity contribution in [2.45, 2.75) is 6.54 Å². The summed E-state index contributed by atoms with van der Waals surface area (Å²) in [6.45, 7) is 0.355. The summed E-state index contributed by atoms with van der Waals surface area (Å²) in [6.07, 6.45) is 0. The highest BCUT2D eigenvalue weighted by atomic mass is 16.2. The van der Waals surface area contributed by atoms with Gasteiger partial charge >= 0.3 is 0 Å². The zero-order valence-electron chi connectivity index (χ0n) is 16.2. The molecular weight excluding hydrogens is 380 g/mol. The summed E-state index contributed by atoms with van der Waals surface area (Å²) < 4.78 is 0. The predicted molar refractivity (Wildman–Crippen MR) is 116 cm³/mol. The van der Waals surface area contributed by atoms with Crippen LogP contribution in [0.15, 0.2) is 78.9 Å². The molecule has 0 unspecified atom stereocenters. The summed E-state index contributed by atoms with van der Waals surface area (Å²) in [5.74, 6) is -1.13. The molecule has 0 heterocycles. The molecule has 0 spiro atoms. The smallest absolute Gasteiger partial charge is 0.251 e. The molecule has 3 aromatic carbocycles. The van der Waals surface area contributed by atoms with Crippen molar-refractivity contribution in [2.75, 3.05) is 17.2 Å². The van der Waals surface area contributed by atoms with Gasteiger partial charge in [0.25, 0.3) is 11.8 Å². The van der Waals surface area contributed by atoms with Gasteiger partial charge in [-0.1, -0.05) is 48.5 Å². The van der Waals surface area contributed by atoms with Crippen LogP contribution in [0.4, 0.5) is 11.4 Å². The number of hydrogen-bond acceptors (Lipinski definition) is 4. The molecule has 3 aromatic rings. The number of rotatable bonds is 8. The largest absolute Gasteiger partial charge is 0.376 e. The lowest BCUT2D eigenvalue weighted by atomic mass is 10.1. The Hall–Kier alpha value is -4.13. The highest BCUT2D eigenvalue weighted by Gasteiger charge is 2.10. The van der Waals surface area contributed by atoms with E-state index in [2.05, 4.69) is 16.0 Å². The van der Waals surface area contributed by atoms with Crippen molar-refractivity contribution in [1.29, 1.82) is 0 Å². The summed E-state index contributed by atoms with van der Waals surface area (Å²) in [5.41, 5.74) is 8.06. The minimum absolute atomic E-state index is 0.0608. The Bertz CT molecular complexity index is 1050. The first kappa shape index (κ1) is 20.6. The van der Waals surface area contributed by atoms with Crippen LogP contribution in [0.1, 0.15) is 26.3 Å². The molecule has 0 aromatic heterocycles. The molecule has 3 amide bonds. The molecule has 0 saturated heterocycles. The van der Waals surface area contributed by atoms with Crippen LogP contribution in [0.5, 0.6) is 0 Å². The Morgan fingerprint density at radius 2 is 1.57 bits per heavy atom. The quantitative estimate of drug-likeness (QED) is 0.464. The molecule has 0 bridgehead atoms. The molecule has 0 fully saturated rings. The van der Waals surface area contributed by atoms with Gasteiger partial charge in [-0.2, -0.15) is 0 Å². The normalized spacial score (nSPS) is 10.1. The molecule has 30 heavy (non-hydrogen) atoms. The molecule has 3 rings (SSSR count). The average molecular weight is 402 g/mol. The third kappa shape index (κ3) is 5.68. The molecule has 0 saturated carbocycles. The van der Waals surface area contributed by atoms with Gasteiger partial charge in [-0.25, -0.2) is 0 Å². The van der Waals surface area contributed by atoms with E-state index in [1.807, 2.05) is 30.3 Å². The van der Waals surface area contributed by atoms with Crippen molar-refractivity contribution in [3.63, 3.8) is 0 Å². The maximum absolute atomic E-state index is 12.4. The zero-order valence-corrected chi connectivity index (χ0v) is 16.2. The van der Waals surface area contributed by atoms with E-state index in [0.29, 0.717) is 29.0 Å². The van der Waals surface area contributed by atoms with E-state index in [-0.39, 0.29) is 18.4 Å². The Kier molecular flexibility index (Phi) is 6.78. The van der Waals surface area contributed by atoms with E-state index >= 15 is 0 Å². The van der Waals surface area contributed by atoms with E-state index < -0.39 is 5.91 Å². The van der Waals surface area contributed by atoms with Crippen LogP contribution in [0, 0.1) is 0 Å². The van der Waals surface area contributed by atoms with Crippen molar-refractivity contribution >= 4 is 29.1 Å². The number of hydrogen-bond donors (Lipinski definition) is 4. The van der Waals surface area contributed by atoms with Crippen LogP contribution < -0.4 is 21.7 Å². The summed E-state index contributed by atoms with van der Waals surface area (Å²) in [4.78, 5) is 36.1. The lowest BCUT2D eigenvalue weighted by Crippen LogP contribution is -2.24. The van der Waals surface area contributed by atoms with Gasteiger partial charge in [-0.15, -0.1) is 0 Å². The second-order valence-corrected chi connectivity index (χ2v) is 6.56. The fourth-order valence-corrected chi connectivity index (χ4v) is 2.85. The van der Waals surface area contributed by atoms with Gasteiger partial charge in [0.1, 0.15) is 0 Å². The van der Waals surface area contributed by atoms with Crippen molar-refractivity contribution in [1.82, 2.24) is 5.32 Å². The Balaban J connectivity index is 1.56. The maximum Gasteiger partial charge on any atom is 0.251 e. The van der Waals surface area contributed by atoms with Gasteiger partial charge in [0.2, 0.25) is 5.91 Å². The Morgan fingerprint density at radius 3 is 2.33 bits per heavy atom. The Labute approximate surface area is 174 Å². The molecular formula is C23H22N4O3. The number of primary amides is 1. The van der Waals surface area contributed by atoms with Gasteiger partial charge < -0.3 is 21.7 Å². The van der Waals surface area contributed by atoms with E-state index in [9.17, 15) is 14.4 Å². The molecule has 0 radical (unpaired) electrons. The number of amides is 3. The van der Waals surface area contributed by atoms with Crippen molar-refractivity contribution in [2.24, 2.45) is 5.73 Å². The number of benzene rings is 3. The van der Waals surface area contributed by atoms with Crippen LogP contribution >= 0.6 is 0 Å². The minimum atomic E-state index is -0.576. The lowest BCUT2D eigenvalue weighted by molar-refractivity contribution is -0.114. The minimum Gasteiger partial charge on any atom is -0.376 e. The highest BCUT2D eigenvalue weighted by molar-refractivity contribution is 6.00. The molecule has 152 valence electrons. The monoisotopic (exact) mass is 402 g/mol. The summed E-state index contributed by atoms with van der Waals surface area (Å²) in [6, 6.07) is 23.0. The van der Waals surface area contributed by atoms with Crippen LogP contribution in [0.2, 0.25) is 0 Å². The number of nitrogens with one attached hydrogen (secondary N) is 3. The van der Waals surface area contributed by atoms with E-state index in [4.69, 9.17) is 5.73 Å². The van der Waals surface area contributed by atoms with Crippen LogP contribution in [-0.2, 0) is 11.3 Å². The standard InChI is InChI=1S/C23H22N4O3/c24-22(29)19-11-4-5-12-20(19)25-15-21(28)27-18-10-6-9-17(13-18)23(30)26-14-16-7-2-1-3-8-16/h1-13,25H,14-15H2,(H2,24,29)(H,26,30)(H,27,28). The van der Waals surface area contributed by atoms with E-state index in [1.165, 1.54) is 0 Å². The van der Waals surface area contributed by atoms with Crippen LogP contribution in [0.25, 0.3) is 0 Å². The van der Waals surface area contributed by atoms with Gasteiger partial charge in [0, 0.05) is 23.5 Å². The second-order valence-electron chi connectivity index (χ2n) is 6.56. The number of para-hydroxylation sites is 1. The van der Waals surface area contributed by atoms with Gasteiger partial charge in [-0.3, -0.25) is 14.4 Å². The van der Waals surface area contributed by atoms with Gasteiger partial charge in [0.05, 0.1) is 12.1 Å². The highest BCUT2D eigenvalue weighted by Crippen LogP contribution is 2.14. The first-order chi connectivity index (χ1) is 14.5. The lowest BCUT2D eigenvalue weighted by Gasteiger charge is -2.11. The van der Waals surface area contributed by atoms with Crippen LogP contribution in [0.3, 0.4) is 0 Å². The predicted octanol–water partition coefficient (Wildman–Crippen LogP) is 2.77. The molecule has 5 N–H and O–H groups in total. The third-order valence-corrected chi connectivity index (χ3v) is 4.34. The molecule has 0 aliphatic heterocycles. The summed E-state index contributed by atoms with van der Waals surface area (Å²) in [7, 11) is 0. The fraction of sp³-hybridized carbons (Fsp3) is 0.0870. The molecule has 0 aliphatic carbocycles. The summed E-state index contributed by atoms with van der Waals surface area (Å²) in [5, 5.41) is 8.48. The van der Waals surface area contributed by atoms with Crippen molar-refractivity contribution in [3.8, 4) is 0 Å². The number of carbonyl (C=O) groups excluding carboxylic acids is 3. The van der Waals surface area contributed by atoms with Crippen molar-refractivity contribution < 1.29 is 14.4 Å². The topological polar surface area (TPSA) is 113 Å². The number of anilines is 2. The zero-order chi connectivity index (χ0) is 21.3.